The van der Waals surface area contributed by atoms with Crippen molar-refractivity contribution in [2.24, 2.45) is 0 Å². The van der Waals surface area contributed by atoms with Gasteiger partial charge in [0.05, 0.1) is 6.61 Å². The molecule has 110 valence electrons. The molecule has 0 spiro atoms. The van der Waals surface area contributed by atoms with Crippen LogP contribution in [0.3, 0.4) is 0 Å². The Morgan fingerprint density at radius 3 is 2.67 bits per heavy atom. The molecule has 7 nitrogen and oxygen atoms in total. The van der Waals surface area contributed by atoms with Gasteiger partial charge in [0, 0.05) is 5.56 Å². The molecular weight excluding hydrogens is 276 g/mol. The van der Waals surface area contributed by atoms with Gasteiger partial charge in [-0.15, -0.1) is 0 Å². The molecule has 0 saturated carbocycles. The lowest BCUT2D eigenvalue weighted by atomic mass is 10.1. The van der Waals surface area contributed by atoms with Crippen LogP contribution in [-0.2, 0) is 14.3 Å². The molecule has 7 heteroatoms. The minimum absolute atomic E-state index is 0.118. The summed E-state index contributed by atoms with van der Waals surface area (Å²) >= 11 is 0. The molecule has 1 aromatic carbocycles. The van der Waals surface area contributed by atoms with Crippen molar-refractivity contribution in [2.45, 2.75) is 6.92 Å². The van der Waals surface area contributed by atoms with Gasteiger partial charge in [-0.3, -0.25) is 10.1 Å². The highest BCUT2D eigenvalue weighted by Gasteiger charge is 2.23. The highest BCUT2D eigenvalue weighted by molar-refractivity contribution is 6.14. The van der Waals surface area contributed by atoms with Crippen LogP contribution in [0.2, 0.25) is 0 Å². The number of hydrogen-bond donors (Lipinski definition) is 2. The Hall–Kier alpha value is -2.83. The summed E-state index contributed by atoms with van der Waals surface area (Å²) < 4.78 is 10.1. The molecule has 3 amide bonds. The van der Waals surface area contributed by atoms with E-state index < -0.39 is 17.9 Å². The number of para-hydroxylation sites is 1. The van der Waals surface area contributed by atoms with Crippen LogP contribution in [0.15, 0.2) is 30.0 Å². The largest absolute Gasteiger partial charge is 0.481 e. The van der Waals surface area contributed by atoms with Gasteiger partial charge in [-0.05, 0) is 19.1 Å². The molecule has 1 aliphatic heterocycles. The standard InChI is InChI=1S/C14H14N2O5/c1-2-20-12(17)8-21-11-6-4-3-5-9(11)7-10-13(18)16-14(19)15-10/h3-7H,2,8H2,1H3,(H2,15,16,18,19). The average molecular weight is 290 g/mol. The number of esters is 1. The van der Waals surface area contributed by atoms with Crippen molar-refractivity contribution >= 4 is 24.0 Å². The van der Waals surface area contributed by atoms with Gasteiger partial charge in [0.25, 0.3) is 5.91 Å². The quantitative estimate of drug-likeness (QED) is 0.475. The van der Waals surface area contributed by atoms with Crippen LogP contribution in [0.5, 0.6) is 5.75 Å². The van der Waals surface area contributed by atoms with E-state index in [0.29, 0.717) is 11.3 Å². The fourth-order valence-corrected chi connectivity index (χ4v) is 1.71. The number of urea groups is 1. The lowest BCUT2D eigenvalue weighted by molar-refractivity contribution is -0.145. The molecule has 2 N–H and O–H groups in total. The van der Waals surface area contributed by atoms with Gasteiger partial charge < -0.3 is 14.8 Å². The van der Waals surface area contributed by atoms with Crippen molar-refractivity contribution in [3.05, 3.63) is 35.5 Å². The minimum Gasteiger partial charge on any atom is -0.481 e. The minimum atomic E-state index is -0.573. The number of amides is 3. The van der Waals surface area contributed by atoms with Crippen LogP contribution in [0.1, 0.15) is 12.5 Å². The molecule has 1 fully saturated rings. The Bertz CT molecular complexity index is 609. The number of benzene rings is 1. The third-order valence-electron chi connectivity index (χ3n) is 2.59. The van der Waals surface area contributed by atoms with Gasteiger partial charge in [0.15, 0.2) is 6.61 Å². The van der Waals surface area contributed by atoms with Gasteiger partial charge >= 0.3 is 12.0 Å². The molecule has 0 aliphatic carbocycles. The Morgan fingerprint density at radius 2 is 2.00 bits per heavy atom. The second kappa shape index (κ2) is 6.56. The van der Waals surface area contributed by atoms with E-state index in [9.17, 15) is 14.4 Å². The Kier molecular flexibility index (Phi) is 4.55. The molecular formula is C14H14N2O5. The Labute approximate surface area is 120 Å². The number of ether oxygens (including phenoxy) is 2. The number of rotatable bonds is 5. The Balaban J connectivity index is 2.14. The number of carbonyl (C=O) groups excluding carboxylic acids is 3. The van der Waals surface area contributed by atoms with Crippen LogP contribution < -0.4 is 15.4 Å². The molecule has 0 aromatic heterocycles. The maximum absolute atomic E-state index is 11.5. The van der Waals surface area contributed by atoms with Crippen molar-refractivity contribution in [1.82, 2.24) is 10.6 Å². The Morgan fingerprint density at radius 1 is 1.24 bits per heavy atom. The summed E-state index contributed by atoms with van der Waals surface area (Å²) in [5.74, 6) is -0.584. The summed E-state index contributed by atoms with van der Waals surface area (Å²) in [5, 5.41) is 4.48. The second-order valence-corrected chi connectivity index (χ2v) is 4.10. The van der Waals surface area contributed by atoms with E-state index >= 15 is 0 Å². The third-order valence-corrected chi connectivity index (χ3v) is 2.59. The van der Waals surface area contributed by atoms with E-state index in [2.05, 4.69) is 10.6 Å². The maximum atomic E-state index is 11.5. The van der Waals surface area contributed by atoms with Crippen molar-refractivity contribution in [3.63, 3.8) is 0 Å². The zero-order chi connectivity index (χ0) is 15.2. The van der Waals surface area contributed by atoms with Crippen LogP contribution in [-0.4, -0.2) is 31.1 Å². The second-order valence-electron chi connectivity index (χ2n) is 4.10. The van der Waals surface area contributed by atoms with Crippen molar-refractivity contribution in [1.29, 1.82) is 0 Å². The summed E-state index contributed by atoms with van der Waals surface area (Å²) in [6.07, 6.45) is 1.47. The zero-order valence-electron chi connectivity index (χ0n) is 11.3. The van der Waals surface area contributed by atoms with E-state index in [1.807, 2.05) is 0 Å². The fraction of sp³-hybridized carbons (Fsp3) is 0.214. The van der Waals surface area contributed by atoms with Crippen LogP contribution in [0.25, 0.3) is 6.08 Å². The molecule has 2 rings (SSSR count). The fourth-order valence-electron chi connectivity index (χ4n) is 1.71. The molecule has 0 bridgehead atoms. The number of hydrogen-bond acceptors (Lipinski definition) is 5. The van der Waals surface area contributed by atoms with E-state index in [1.165, 1.54) is 6.08 Å². The van der Waals surface area contributed by atoms with Crippen LogP contribution in [0, 0.1) is 0 Å². The summed E-state index contributed by atoms with van der Waals surface area (Å²) in [7, 11) is 0. The SMILES string of the molecule is CCOC(=O)COc1ccccc1C=C1NC(=O)NC1=O. The molecule has 0 unspecified atom stereocenters. The first-order chi connectivity index (χ1) is 10.1. The predicted molar refractivity (Wildman–Crippen MR) is 73.2 cm³/mol. The van der Waals surface area contributed by atoms with Gasteiger partial charge in [-0.2, -0.15) is 0 Å². The molecule has 1 aromatic rings. The van der Waals surface area contributed by atoms with E-state index in [1.54, 1.807) is 31.2 Å². The first-order valence-corrected chi connectivity index (χ1v) is 6.31. The molecule has 1 heterocycles. The smallest absolute Gasteiger partial charge is 0.344 e. The van der Waals surface area contributed by atoms with Crippen molar-refractivity contribution in [2.75, 3.05) is 13.2 Å². The molecule has 21 heavy (non-hydrogen) atoms. The summed E-state index contributed by atoms with van der Waals surface area (Å²) in [6.45, 7) is 1.75. The highest BCUT2D eigenvalue weighted by atomic mass is 16.6. The first kappa shape index (κ1) is 14.6. The molecule has 1 aliphatic rings. The molecule has 0 radical (unpaired) electrons. The highest BCUT2D eigenvalue weighted by Crippen LogP contribution is 2.21. The summed E-state index contributed by atoms with van der Waals surface area (Å²) in [5.41, 5.74) is 0.682. The van der Waals surface area contributed by atoms with Gasteiger partial charge in [0.1, 0.15) is 11.4 Å². The topological polar surface area (TPSA) is 93.7 Å². The monoisotopic (exact) mass is 290 g/mol. The third kappa shape index (κ3) is 3.82. The molecule has 0 atom stereocenters. The van der Waals surface area contributed by atoms with Crippen molar-refractivity contribution < 1.29 is 23.9 Å². The summed E-state index contributed by atoms with van der Waals surface area (Å²) in [6, 6.07) is 6.26. The van der Waals surface area contributed by atoms with Crippen LogP contribution in [0.4, 0.5) is 4.79 Å². The first-order valence-electron chi connectivity index (χ1n) is 6.31. The normalized spacial score (nSPS) is 15.6. The molecule has 1 saturated heterocycles. The van der Waals surface area contributed by atoms with Gasteiger partial charge in [0.2, 0.25) is 0 Å². The van der Waals surface area contributed by atoms with E-state index in [-0.39, 0.29) is 18.9 Å². The van der Waals surface area contributed by atoms with Gasteiger partial charge in [-0.1, -0.05) is 18.2 Å². The van der Waals surface area contributed by atoms with E-state index in [0.717, 1.165) is 0 Å². The maximum Gasteiger partial charge on any atom is 0.344 e. The number of carbonyl (C=O) groups is 3. The number of imide groups is 1. The van der Waals surface area contributed by atoms with Crippen LogP contribution >= 0.6 is 0 Å². The van der Waals surface area contributed by atoms with Crippen molar-refractivity contribution in [3.8, 4) is 5.75 Å². The summed E-state index contributed by atoms with van der Waals surface area (Å²) in [4.78, 5) is 33.8. The van der Waals surface area contributed by atoms with Gasteiger partial charge in [-0.25, -0.2) is 9.59 Å². The lowest BCUT2D eigenvalue weighted by Gasteiger charge is -2.08. The lowest BCUT2D eigenvalue weighted by Crippen LogP contribution is -2.22. The average Bonchev–Trinajstić information content (AvgIpc) is 2.76. The predicted octanol–water partition coefficient (Wildman–Crippen LogP) is 0.809. The van der Waals surface area contributed by atoms with E-state index in [4.69, 9.17) is 9.47 Å². The zero-order valence-corrected chi connectivity index (χ0v) is 11.3. The number of nitrogens with one attached hydrogen (secondary N) is 2.